The van der Waals surface area contributed by atoms with Crippen LogP contribution in [0.15, 0.2) is 18.2 Å². The molecular formula is C19H28N4S. The number of hydrogen-bond donors (Lipinski definition) is 2. The second kappa shape index (κ2) is 9.52. The van der Waals surface area contributed by atoms with Gasteiger partial charge in [0.05, 0.1) is 22.4 Å². The molecule has 1 heterocycles. The first kappa shape index (κ1) is 18.6. The zero-order valence-electron chi connectivity index (χ0n) is 15.0. The molecule has 0 amide bonds. The van der Waals surface area contributed by atoms with Crippen molar-refractivity contribution < 1.29 is 0 Å². The van der Waals surface area contributed by atoms with Crippen molar-refractivity contribution in [3.63, 3.8) is 0 Å². The van der Waals surface area contributed by atoms with Crippen LogP contribution in [-0.4, -0.2) is 21.6 Å². The number of rotatable bonds is 8. The molecule has 0 unspecified atom stereocenters. The number of fused-ring (bicyclic) bond motifs is 1. The summed E-state index contributed by atoms with van der Waals surface area (Å²) in [5.74, 6) is 0. The smallest absolute Gasteiger partial charge is 0.170 e. The van der Waals surface area contributed by atoms with Gasteiger partial charge in [-0.2, -0.15) is 0 Å². The van der Waals surface area contributed by atoms with E-state index in [1.165, 1.54) is 32.1 Å². The average molecular weight is 345 g/mol. The number of anilines is 1. The van der Waals surface area contributed by atoms with Gasteiger partial charge in [-0.15, -0.1) is 0 Å². The minimum Gasteiger partial charge on any atom is -0.362 e. The summed E-state index contributed by atoms with van der Waals surface area (Å²) in [5, 5.41) is 7.17. The fourth-order valence-electron chi connectivity index (χ4n) is 2.59. The second-order valence-electron chi connectivity index (χ2n) is 6.25. The Bertz CT molecular complexity index is 684. The number of nitrogens with zero attached hydrogens (tertiary/aromatic N) is 2. The van der Waals surface area contributed by atoms with Gasteiger partial charge in [-0.1, -0.05) is 39.0 Å². The highest BCUT2D eigenvalue weighted by molar-refractivity contribution is 7.80. The number of aryl methyl sites for hydroxylation is 2. The van der Waals surface area contributed by atoms with Crippen LogP contribution in [0.4, 0.5) is 5.69 Å². The van der Waals surface area contributed by atoms with Crippen molar-refractivity contribution in [2.75, 3.05) is 11.9 Å². The largest absolute Gasteiger partial charge is 0.362 e. The van der Waals surface area contributed by atoms with Gasteiger partial charge in [0, 0.05) is 12.2 Å². The summed E-state index contributed by atoms with van der Waals surface area (Å²) in [6, 6.07) is 5.96. The molecule has 2 aromatic rings. The summed E-state index contributed by atoms with van der Waals surface area (Å²) in [7, 11) is 0. The molecule has 5 heteroatoms. The van der Waals surface area contributed by atoms with Crippen molar-refractivity contribution in [3.8, 4) is 0 Å². The summed E-state index contributed by atoms with van der Waals surface area (Å²) in [4.78, 5) is 9.14. The fourth-order valence-corrected chi connectivity index (χ4v) is 2.81. The number of hydrogen-bond acceptors (Lipinski definition) is 3. The SMILES string of the molecule is CCCCCCCCNC(=S)Nc1ccc2nc(C)c(C)nc2c1. The number of thiocarbonyl (C=S) groups is 1. The molecule has 24 heavy (non-hydrogen) atoms. The Morgan fingerprint density at radius 1 is 0.958 bits per heavy atom. The lowest BCUT2D eigenvalue weighted by molar-refractivity contribution is 0.603. The predicted octanol–water partition coefficient (Wildman–Crippen LogP) is 4.89. The highest BCUT2D eigenvalue weighted by Crippen LogP contribution is 2.17. The number of nitrogens with one attached hydrogen (secondary N) is 2. The van der Waals surface area contributed by atoms with Crippen LogP contribution in [-0.2, 0) is 0 Å². The van der Waals surface area contributed by atoms with Crippen molar-refractivity contribution in [2.24, 2.45) is 0 Å². The third-order valence-electron chi connectivity index (χ3n) is 4.15. The first-order chi connectivity index (χ1) is 11.6. The third kappa shape index (κ3) is 5.71. The molecule has 4 nitrogen and oxygen atoms in total. The van der Waals surface area contributed by atoms with E-state index in [-0.39, 0.29) is 0 Å². The highest BCUT2D eigenvalue weighted by atomic mass is 32.1. The Balaban J connectivity index is 1.79. The van der Waals surface area contributed by atoms with Gasteiger partial charge in [-0.05, 0) is 50.7 Å². The minimum absolute atomic E-state index is 0.666. The molecule has 0 aliphatic heterocycles. The van der Waals surface area contributed by atoms with E-state index in [9.17, 15) is 0 Å². The molecule has 0 bridgehead atoms. The Hall–Kier alpha value is -1.75. The molecule has 2 N–H and O–H groups in total. The lowest BCUT2D eigenvalue weighted by Crippen LogP contribution is -2.29. The van der Waals surface area contributed by atoms with Gasteiger partial charge in [0.2, 0.25) is 0 Å². The van der Waals surface area contributed by atoms with E-state index in [0.29, 0.717) is 5.11 Å². The molecule has 0 aliphatic carbocycles. The van der Waals surface area contributed by atoms with E-state index < -0.39 is 0 Å². The van der Waals surface area contributed by atoms with E-state index >= 15 is 0 Å². The van der Waals surface area contributed by atoms with E-state index in [1.54, 1.807) is 0 Å². The Morgan fingerprint density at radius 3 is 2.38 bits per heavy atom. The first-order valence-electron chi connectivity index (χ1n) is 8.90. The third-order valence-corrected chi connectivity index (χ3v) is 4.40. The van der Waals surface area contributed by atoms with E-state index in [0.717, 1.165) is 41.1 Å². The van der Waals surface area contributed by atoms with Crippen LogP contribution < -0.4 is 10.6 Å². The monoisotopic (exact) mass is 344 g/mol. The number of aromatic nitrogens is 2. The number of benzene rings is 1. The maximum atomic E-state index is 5.37. The lowest BCUT2D eigenvalue weighted by Gasteiger charge is -2.11. The Labute approximate surface area is 150 Å². The maximum Gasteiger partial charge on any atom is 0.170 e. The molecule has 2 rings (SSSR count). The van der Waals surface area contributed by atoms with Gasteiger partial charge in [0.15, 0.2) is 5.11 Å². The van der Waals surface area contributed by atoms with Crippen molar-refractivity contribution in [2.45, 2.75) is 59.3 Å². The normalized spacial score (nSPS) is 10.8. The molecule has 1 aromatic heterocycles. The molecule has 0 aliphatic rings. The first-order valence-corrected chi connectivity index (χ1v) is 9.31. The van der Waals surface area contributed by atoms with Crippen LogP contribution in [0.5, 0.6) is 0 Å². The minimum atomic E-state index is 0.666. The lowest BCUT2D eigenvalue weighted by atomic mass is 10.1. The summed E-state index contributed by atoms with van der Waals surface area (Å²) in [5.41, 5.74) is 4.68. The van der Waals surface area contributed by atoms with Crippen LogP contribution in [0.3, 0.4) is 0 Å². The van der Waals surface area contributed by atoms with E-state index in [4.69, 9.17) is 12.2 Å². The molecule has 0 saturated heterocycles. The van der Waals surface area contributed by atoms with Crippen LogP contribution in [0.25, 0.3) is 11.0 Å². The number of unbranched alkanes of at least 4 members (excludes halogenated alkanes) is 5. The molecule has 0 saturated carbocycles. The average Bonchev–Trinajstić information content (AvgIpc) is 2.55. The quantitative estimate of drug-likeness (QED) is 0.527. The highest BCUT2D eigenvalue weighted by Gasteiger charge is 2.04. The van der Waals surface area contributed by atoms with Crippen LogP contribution in [0, 0.1) is 13.8 Å². The predicted molar refractivity (Wildman–Crippen MR) is 107 cm³/mol. The summed E-state index contributed by atoms with van der Waals surface area (Å²) in [6.45, 7) is 7.12. The van der Waals surface area contributed by atoms with Crippen molar-refractivity contribution >= 4 is 34.1 Å². The van der Waals surface area contributed by atoms with Gasteiger partial charge in [0.25, 0.3) is 0 Å². The zero-order valence-corrected chi connectivity index (χ0v) is 15.8. The zero-order chi connectivity index (χ0) is 17.4. The van der Waals surface area contributed by atoms with E-state index in [2.05, 4.69) is 27.5 Å². The molecule has 0 radical (unpaired) electrons. The van der Waals surface area contributed by atoms with Gasteiger partial charge in [-0.3, -0.25) is 0 Å². The molecule has 0 fully saturated rings. The maximum absolute atomic E-state index is 5.37. The fraction of sp³-hybridized carbons (Fsp3) is 0.526. The molecule has 0 atom stereocenters. The molecule has 0 spiro atoms. The van der Waals surface area contributed by atoms with Gasteiger partial charge in [-0.25, -0.2) is 9.97 Å². The molecule has 1 aromatic carbocycles. The summed E-state index contributed by atoms with van der Waals surface area (Å²) in [6.07, 6.45) is 7.72. The van der Waals surface area contributed by atoms with Gasteiger partial charge < -0.3 is 10.6 Å². The standard InChI is InChI=1S/C19H28N4S/c1-4-5-6-7-8-9-12-20-19(24)23-16-10-11-17-18(13-16)22-15(3)14(2)21-17/h10-11,13H,4-9,12H2,1-3H3,(H2,20,23,24). The van der Waals surface area contributed by atoms with Crippen LogP contribution >= 0.6 is 12.2 Å². The topological polar surface area (TPSA) is 49.8 Å². The van der Waals surface area contributed by atoms with Crippen LogP contribution in [0.1, 0.15) is 56.8 Å². The Kier molecular flexibility index (Phi) is 7.37. The summed E-state index contributed by atoms with van der Waals surface area (Å²) >= 11 is 5.37. The van der Waals surface area contributed by atoms with Crippen molar-refractivity contribution in [1.29, 1.82) is 0 Å². The second-order valence-corrected chi connectivity index (χ2v) is 6.65. The van der Waals surface area contributed by atoms with E-state index in [1.807, 2.05) is 32.0 Å². The summed E-state index contributed by atoms with van der Waals surface area (Å²) < 4.78 is 0. The molecular weight excluding hydrogens is 316 g/mol. The van der Waals surface area contributed by atoms with Crippen molar-refractivity contribution in [3.05, 3.63) is 29.6 Å². The Morgan fingerprint density at radius 2 is 1.62 bits per heavy atom. The van der Waals surface area contributed by atoms with Crippen molar-refractivity contribution in [1.82, 2.24) is 15.3 Å². The molecule has 130 valence electrons. The van der Waals surface area contributed by atoms with Crippen LogP contribution in [0.2, 0.25) is 0 Å². The van der Waals surface area contributed by atoms with Gasteiger partial charge in [0.1, 0.15) is 0 Å². The van der Waals surface area contributed by atoms with Gasteiger partial charge >= 0.3 is 0 Å².